The van der Waals surface area contributed by atoms with Gasteiger partial charge < -0.3 is 21.9 Å². The van der Waals surface area contributed by atoms with Gasteiger partial charge in [-0.05, 0) is 0 Å². The van der Waals surface area contributed by atoms with Crippen LogP contribution in [0.15, 0.2) is 0 Å². The van der Waals surface area contributed by atoms with Gasteiger partial charge in [0.25, 0.3) is 0 Å². The van der Waals surface area contributed by atoms with E-state index in [9.17, 15) is 0 Å². The van der Waals surface area contributed by atoms with Crippen LogP contribution in [0.1, 0.15) is 0 Å². The standard InChI is InChI=1S/Cr.4O/q+3;4*-2. The molecule has 0 aromatic carbocycles. The first-order valence-corrected chi connectivity index (χ1v) is 0. The van der Waals surface area contributed by atoms with E-state index in [2.05, 4.69) is 0 Å². The third-order valence-corrected chi connectivity index (χ3v) is 0. The van der Waals surface area contributed by atoms with Gasteiger partial charge in [0.15, 0.2) is 0 Å². The van der Waals surface area contributed by atoms with Crippen LogP contribution in [0.25, 0.3) is 0 Å². The molecule has 0 unspecified atom stereocenters. The van der Waals surface area contributed by atoms with Crippen LogP contribution in [0.5, 0.6) is 0 Å². The first-order valence-electron chi connectivity index (χ1n) is 0. The van der Waals surface area contributed by atoms with E-state index in [1.54, 1.807) is 0 Å². The second-order valence-electron chi connectivity index (χ2n) is 0. The topological polar surface area (TPSA) is 114 Å². The van der Waals surface area contributed by atoms with Crippen molar-refractivity contribution in [3.05, 3.63) is 0 Å². The van der Waals surface area contributed by atoms with Gasteiger partial charge >= 0.3 is 17.4 Å². The normalized spacial score (nSPS) is 0. The molecule has 0 aliphatic rings. The van der Waals surface area contributed by atoms with Gasteiger partial charge in [0, 0.05) is 0 Å². The van der Waals surface area contributed by atoms with Crippen molar-refractivity contribution in [2.45, 2.75) is 0 Å². The summed E-state index contributed by atoms with van der Waals surface area (Å²) in [5, 5.41) is 0. The smallest absolute Gasteiger partial charge is 2.00 e. The zero-order valence-corrected chi connectivity index (χ0v) is 3.32. The van der Waals surface area contributed by atoms with Crippen LogP contribution in [-0.4, -0.2) is 0 Å². The molecule has 0 saturated heterocycles. The average Bonchev–Trinajstić information content (AvgIpc) is 0. The van der Waals surface area contributed by atoms with E-state index in [1.807, 2.05) is 0 Å². The molecule has 0 aromatic rings. The molecule has 0 heterocycles. The maximum Gasteiger partial charge on any atom is 3.00 e. The molecular formula is CrO4-5. The molecule has 1 radical (unpaired) electrons. The van der Waals surface area contributed by atoms with E-state index in [0.29, 0.717) is 0 Å². The van der Waals surface area contributed by atoms with Gasteiger partial charge in [0.2, 0.25) is 0 Å². The molecular weight excluding hydrogens is 116 g/mol. The van der Waals surface area contributed by atoms with E-state index in [4.69, 9.17) is 0 Å². The first kappa shape index (κ1) is 740. The van der Waals surface area contributed by atoms with Gasteiger partial charge in [0.1, 0.15) is 0 Å². The van der Waals surface area contributed by atoms with E-state index < -0.39 is 0 Å². The Morgan fingerprint density at radius 2 is 0.400 bits per heavy atom. The van der Waals surface area contributed by atoms with E-state index >= 15 is 0 Å². The average molecular weight is 116 g/mol. The van der Waals surface area contributed by atoms with E-state index in [-0.39, 0.29) is 39.3 Å². The summed E-state index contributed by atoms with van der Waals surface area (Å²) in [5.41, 5.74) is 0. The maximum absolute atomic E-state index is 0. The van der Waals surface area contributed by atoms with Gasteiger partial charge in [-0.2, -0.15) is 0 Å². The largest absolute Gasteiger partial charge is 3.00 e. The van der Waals surface area contributed by atoms with Crippen LogP contribution in [0.4, 0.5) is 0 Å². The SMILES string of the molecule is [Cr+3].[O-2].[O-2].[O-2].[O-2]. The Kier molecular flexibility index (Phi) is 53100. The molecule has 0 amide bonds. The molecule has 0 N–H and O–H groups in total. The molecule has 0 rings (SSSR count). The van der Waals surface area contributed by atoms with E-state index in [0.717, 1.165) is 0 Å². The molecule has 0 atom stereocenters. The Morgan fingerprint density at radius 3 is 0.400 bits per heavy atom. The minimum atomic E-state index is 0. The van der Waals surface area contributed by atoms with Gasteiger partial charge in [-0.3, -0.25) is 0 Å². The van der Waals surface area contributed by atoms with Crippen LogP contribution < -0.4 is 0 Å². The molecule has 0 aliphatic carbocycles. The fourth-order valence-electron chi connectivity index (χ4n) is 0. The van der Waals surface area contributed by atoms with Crippen molar-refractivity contribution in [3.63, 3.8) is 0 Å². The van der Waals surface area contributed by atoms with Crippen molar-refractivity contribution in [3.8, 4) is 0 Å². The van der Waals surface area contributed by atoms with Crippen molar-refractivity contribution in [1.29, 1.82) is 0 Å². The molecule has 5 heteroatoms. The van der Waals surface area contributed by atoms with Crippen molar-refractivity contribution >= 4 is 0 Å². The summed E-state index contributed by atoms with van der Waals surface area (Å²) in [5.74, 6) is 0. The van der Waals surface area contributed by atoms with E-state index in [1.165, 1.54) is 0 Å². The zero-order chi connectivity index (χ0) is 0. The molecule has 0 aliphatic heterocycles. The monoisotopic (exact) mass is 116 g/mol. The zero-order valence-electron chi connectivity index (χ0n) is 2.04. The van der Waals surface area contributed by atoms with Crippen molar-refractivity contribution < 1.29 is 39.3 Å². The van der Waals surface area contributed by atoms with Crippen LogP contribution >= 0.6 is 0 Å². The van der Waals surface area contributed by atoms with Gasteiger partial charge in [-0.15, -0.1) is 0 Å². The van der Waals surface area contributed by atoms with Gasteiger partial charge in [0.05, 0.1) is 0 Å². The quantitative estimate of drug-likeness (QED) is 0.406. The molecule has 5 heavy (non-hydrogen) atoms. The Morgan fingerprint density at radius 1 is 0.400 bits per heavy atom. The van der Waals surface area contributed by atoms with Crippen LogP contribution in [0.3, 0.4) is 0 Å². The predicted molar refractivity (Wildman–Crippen MR) is 2.75 cm³/mol. The number of rotatable bonds is 0. The molecule has 0 spiro atoms. The molecule has 0 aromatic heterocycles. The predicted octanol–water partition coefficient (Wildman–Crippen LogP) is -0.478. The third-order valence-electron chi connectivity index (χ3n) is 0. The number of hydrogen-bond acceptors (Lipinski definition) is 0. The molecule has 0 bridgehead atoms. The molecule has 0 fully saturated rings. The summed E-state index contributed by atoms with van der Waals surface area (Å²) < 4.78 is 0. The fourth-order valence-corrected chi connectivity index (χ4v) is 0. The number of hydrogen-bond donors (Lipinski definition) is 0. The summed E-state index contributed by atoms with van der Waals surface area (Å²) in [6.45, 7) is 0. The van der Waals surface area contributed by atoms with Crippen molar-refractivity contribution in [1.82, 2.24) is 0 Å². The molecule has 0 saturated carbocycles. The second-order valence-corrected chi connectivity index (χ2v) is 0. The first-order chi connectivity index (χ1) is 0. The Hall–Kier alpha value is 0.372. The van der Waals surface area contributed by atoms with Crippen LogP contribution in [0, 0.1) is 0 Å². The summed E-state index contributed by atoms with van der Waals surface area (Å²) in [6, 6.07) is 0. The minimum Gasteiger partial charge on any atom is -2.00 e. The summed E-state index contributed by atoms with van der Waals surface area (Å²) in [6.07, 6.45) is 0. The fraction of sp³-hybridized carbons (Fsp3) is 0. The Balaban J connectivity index is 0. The molecule has 35 valence electrons. The summed E-state index contributed by atoms with van der Waals surface area (Å²) in [4.78, 5) is 0. The van der Waals surface area contributed by atoms with Crippen molar-refractivity contribution in [2.75, 3.05) is 0 Å². The van der Waals surface area contributed by atoms with Gasteiger partial charge in [-0.25, -0.2) is 0 Å². The van der Waals surface area contributed by atoms with Crippen LogP contribution in [0.2, 0.25) is 0 Å². The Labute approximate surface area is 40.2 Å². The van der Waals surface area contributed by atoms with Crippen LogP contribution in [-0.2, 0) is 39.3 Å². The maximum atomic E-state index is 0. The third kappa shape index (κ3) is 177. The second kappa shape index (κ2) is 358. The van der Waals surface area contributed by atoms with Crippen molar-refractivity contribution in [2.24, 2.45) is 0 Å². The summed E-state index contributed by atoms with van der Waals surface area (Å²) >= 11 is 0. The minimum absolute atomic E-state index is 0. The Bertz CT molecular complexity index is 3.61. The molecule has 4 nitrogen and oxygen atoms in total. The van der Waals surface area contributed by atoms with Gasteiger partial charge in [-0.1, -0.05) is 0 Å². The summed E-state index contributed by atoms with van der Waals surface area (Å²) in [7, 11) is 0.